The third kappa shape index (κ3) is 1.10. The van der Waals surface area contributed by atoms with Crippen LogP contribution in [0.4, 0.5) is 0 Å². The van der Waals surface area contributed by atoms with Crippen LogP contribution in [0.15, 0.2) is 0 Å². The zero-order chi connectivity index (χ0) is 8.06. The van der Waals surface area contributed by atoms with Crippen molar-refractivity contribution < 1.29 is 0 Å². The predicted molar refractivity (Wildman–Crippen MR) is 47.5 cm³/mol. The van der Waals surface area contributed by atoms with Crippen LogP contribution in [0.2, 0.25) is 0 Å². The summed E-state index contributed by atoms with van der Waals surface area (Å²) in [7, 11) is 2.23. The molecule has 0 amide bonds. The van der Waals surface area contributed by atoms with E-state index >= 15 is 0 Å². The van der Waals surface area contributed by atoms with Crippen molar-refractivity contribution in [3.05, 3.63) is 0 Å². The molecule has 0 aromatic rings. The highest BCUT2D eigenvalue weighted by atomic mass is 15.2. The van der Waals surface area contributed by atoms with Gasteiger partial charge in [-0.2, -0.15) is 0 Å². The molecule has 11 heavy (non-hydrogen) atoms. The summed E-state index contributed by atoms with van der Waals surface area (Å²) < 4.78 is 0. The molecule has 1 saturated carbocycles. The molecule has 0 radical (unpaired) electrons. The molecule has 1 aliphatic carbocycles. The number of hydrogen-bond acceptors (Lipinski definition) is 1. The van der Waals surface area contributed by atoms with Gasteiger partial charge in [-0.1, -0.05) is 13.8 Å². The maximum atomic E-state index is 2.44. The molecule has 0 N–H and O–H groups in total. The SMILES string of the molecule is CC(C)C1CC2(C1)CN(C)C2. The van der Waals surface area contributed by atoms with Crippen molar-refractivity contribution in [1.82, 2.24) is 4.90 Å². The predicted octanol–water partition coefficient (Wildman–Crippen LogP) is 1.98. The van der Waals surface area contributed by atoms with Gasteiger partial charge < -0.3 is 4.90 Å². The van der Waals surface area contributed by atoms with Crippen molar-refractivity contribution in [2.24, 2.45) is 17.3 Å². The third-order valence-corrected chi connectivity index (χ3v) is 3.54. The van der Waals surface area contributed by atoms with Crippen LogP contribution in [-0.4, -0.2) is 25.0 Å². The van der Waals surface area contributed by atoms with Gasteiger partial charge in [0.05, 0.1) is 0 Å². The summed E-state index contributed by atoms with van der Waals surface area (Å²) in [5, 5.41) is 0. The molecule has 1 heteroatoms. The molecule has 0 atom stereocenters. The van der Waals surface area contributed by atoms with E-state index in [9.17, 15) is 0 Å². The van der Waals surface area contributed by atoms with Gasteiger partial charge in [0.25, 0.3) is 0 Å². The van der Waals surface area contributed by atoms with Crippen molar-refractivity contribution in [1.29, 1.82) is 0 Å². The Kier molecular flexibility index (Phi) is 1.54. The Bertz CT molecular complexity index is 148. The third-order valence-electron chi connectivity index (χ3n) is 3.54. The molecule has 64 valence electrons. The Labute approximate surface area is 69.8 Å². The highest BCUT2D eigenvalue weighted by molar-refractivity contribution is 5.03. The summed E-state index contributed by atoms with van der Waals surface area (Å²) in [5.74, 6) is 1.97. The maximum absolute atomic E-state index is 2.44. The fraction of sp³-hybridized carbons (Fsp3) is 1.00. The topological polar surface area (TPSA) is 3.24 Å². The largest absolute Gasteiger partial charge is 0.305 e. The second-order valence-electron chi connectivity index (χ2n) is 5.08. The number of likely N-dealkylation sites (tertiary alicyclic amines) is 1. The summed E-state index contributed by atoms with van der Waals surface area (Å²) in [6.45, 7) is 7.46. The molecule has 2 fully saturated rings. The highest BCUT2D eigenvalue weighted by Gasteiger charge is 2.51. The fourth-order valence-electron chi connectivity index (χ4n) is 2.88. The summed E-state index contributed by atoms with van der Waals surface area (Å²) in [6.07, 6.45) is 3.02. The number of rotatable bonds is 1. The Morgan fingerprint density at radius 2 is 1.82 bits per heavy atom. The quantitative estimate of drug-likeness (QED) is 0.557. The van der Waals surface area contributed by atoms with Gasteiger partial charge in [-0.05, 0) is 37.1 Å². The first kappa shape index (κ1) is 7.60. The van der Waals surface area contributed by atoms with Crippen LogP contribution in [0.1, 0.15) is 26.7 Å². The standard InChI is InChI=1S/C10H19N/c1-8(2)9-4-10(5-9)6-11(3)7-10/h8-9H,4-7H2,1-3H3. The molecule has 0 aromatic carbocycles. The summed E-state index contributed by atoms with van der Waals surface area (Å²) in [5.41, 5.74) is 0.795. The summed E-state index contributed by atoms with van der Waals surface area (Å²) in [4.78, 5) is 2.44. The second kappa shape index (κ2) is 2.22. The molecule has 1 saturated heterocycles. The van der Waals surface area contributed by atoms with Gasteiger partial charge in [0.1, 0.15) is 0 Å². The molecule has 0 bridgehead atoms. The van der Waals surface area contributed by atoms with Crippen LogP contribution in [0.3, 0.4) is 0 Å². The molecular formula is C10H19N. The highest BCUT2D eigenvalue weighted by Crippen LogP contribution is 2.53. The molecule has 2 rings (SSSR count). The molecular weight excluding hydrogens is 134 g/mol. The van der Waals surface area contributed by atoms with Crippen molar-refractivity contribution in [2.75, 3.05) is 20.1 Å². The summed E-state index contributed by atoms with van der Waals surface area (Å²) >= 11 is 0. The van der Waals surface area contributed by atoms with Gasteiger partial charge in [0.15, 0.2) is 0 Å². The lowest BCUT2D eigenvalue weighted by atomic mass is 9.55. The van der Waals surface area contributed by atoms with E-state index in [1.54, 1.807) is 0 Å². The number of nitrogens with zero attached hydrogens (tertiary/aromatic N) is 1. The Morgan fingerprint density at radius 3 is 2.18 bits per heavy atom. The Hall–Kier alpha value is -0.0400. The van der Waals surface area contributed by atoms with Gasteiger partial charge in [-0.15, -0.1) is 0 Å². The van der Waals surface area contributed by atoms with Gasteiger partial charge in [0.2, 0.25) is 0 Å². The van der Waals surface area contributed by atoms with E-state index < -0.39 is 0 Å². The van der Waals surface area contributed by atoms with E-state index in [4.69, 9.17) is 0 Å². The monoisotopic (exact) mass is 153 g/mol. The molecule has 1 heterocycles. The van der Waals surface area contributed by atoms with Crippen LogP contribution in [0, 0.1) is 17.3 Å². The minimum Gasteiger partial charge on any atom is -0.305 e. The van der Waals surface area contributed by atoms with Crippen molar-refractivity contribution in [3.8, 4) is 0 Å². The van der Waals surface area contributed by atoms with E-state index in [0.717, 1.165) is 17.3 Å². The zero-order valence-electron chi connectivity index (χ0n) is 7.93. The van der Waals surface area contributed by atoms with E-state index in [1.807, 2.05) is 0 Å². The average Bonchev–Trinajstić information content (AvgIpc) is 1.73. The number of hydrogen-bond donors (Lipinski definition) is 0. The van der Waals surface area contributed by atoms with Gasteiger partial charge >= 0.3 is 0 Å². The van der Waals surface area contributed by atoms with E-state index in [2.05, 4.69) is 25.8 Å². The first-order valence-electron chi connectivity index (χ1n) is 4.80. The molecule has 1 nitrogen and oxygen atoms in total. The fourth-order valence-corrected chi connectivity index (χ4v) is 2.88. The molecule has 1 aliphatic heterocycles. The first-order chi connectivity index (χ1) is 5.11. The average molecular weight is 153 g/mol. The maximum Gasteiger partial charge on any atom is 0.00476 e. The second-order valence-corrected chi connectivity index (χ2v) is 5.08. The van der Waals surface area contributed by atoms with Gasteiger partial charge in [-0.3, -0.25) is 0 Å². The minimum atomic E-state index is 0.795. The zero-order valence-corrected chi connectivity index (χ0v) is 7.93. The first-order valence-corrected chi connectivity index (χ1v) is 4.80. The van der Waals surface area contributed by atoms with Crippen LogP contribution in [-0.2, 0) is 0 Å². The lowest BCUT2D eigenvalue weighted by Crippen LogP contribution is -2.61. The van der Waals surface area contributed by atoms with Crippen molar-refractivity contribution in [3.63, 3.8) is 0 Å². The van der Waals surface area contributed by atoms with E-state index in [1.165, 1.54) is 25.9 Å². The lowest BCUT2D eigenvalue weighted by Gasteiger charge is -2.59. The van der Waals surface area contributed by atoms with Crippen molar-refractivity contribution in [2.45, 2.75) is 26.7 Å². The Balaban J connectivity index is 1.80. The van der Waals surface area contributed by atoms with Gasteiger partial charge in [0, 0.05) is 13.1 Å². The lowest BCUT2D eigenvalue weighted by molar-refractivity contribution is -0.0940. The smallest absolute Gasteiger partial charge is 0.00476 e. The summed E-state index contributed by atoms with van der Waals surface area (Å²) in [6, 6.07) is 0. The van der Waals surface area contributed by atoms with Crippen LogP contribution >= 0.6 is 0 Å². The van der Waals surface area contributed by atoms with Crippen LogP contribution < -0.4 is 0 Å². The van der Waals surface area contributed by atoms with E-state index in [-0.39, 0.29) is 0 Å². The van der Waals surface area contributed by atoms with Crippen LogP contribution in [0.5, 0.6) is 0 Å². The molecule has 1 spiro atoms. The molecule has 0 aromatic heterocycles. The van der Waals surface area contributed by atoms with Gasteiger partial charge in [-0.25, -0.2) is 0 Å². The van der Waals surface area contributed by atoms with Crippen molar-refractivity contribution >= 4 is 0 Å². The normalized spacial score (nSPS) is 30.5. The molecule has 2 aliphatic rings. The Morgan fingerprint density at radius 1 is 1.27 bits per heavy atom. The van der Waals surface area contributed by atoms with E-state index in [0.29, 0.717) is 0 Å². The van der Waals surface area contributed by atoms with Crippen LogP contribution in [0.25, 0.3) is 0 Å². The molecule has 0 unspecified atom stereocenters. The minimum absolute atomic E-state index is 0.795.